The fraction of sp³-hybridized carbons (Fsp3) is 0.448. The van der Waals surface area contributed by atoms with Gasteiger partial charge in [-0.2, -0.15) is 10.2 Å². The molecule has 3 aromatic rings. The van der Waals surface area contributed by atoms with Crippen LogP contribution in [0, 0.1) is 5.92 Å². The monoisotopic (exact) mass is 594 g/mol. The molecule has 2 aromatic heterocycles. The fourth-order valence-electron chi connectivity index (χ4n) is 5.67. The minimum absolute atomic E-state index is 0.238. The number of carbonyl (C=O) groups is 1. The number of rotatable bonds is 6. The highest BCUT2D eigenvalue weighted by atomic mass is 79.9. The summed E-state index contributed by atoms with van der Waals surface area (Å²) in [7, 11) is 0. The van der Waals surface area contributed by atoms with Gasteiger partial charge in [-0.15, -0.1) is 0 Å². The van der Waals surface area contributed by atoms with Crippen LogP contribution in [-0.2, 0) is 4.79 Å². The Kier molecular flexibility index (Phi) is 8.44. The quantitative estimate of drug-likeness (QED) is 0.446. The molecule has 9 nitrogen and oxygen atoms in total. The Hall–Kier alpha value is -3.08. The lowest BCUT2D eigenvalue weighted by molar-refractivity contribution is -0.143. The van der Waals surface area contributed by atoms with Gasteiger partial charge in [0.1, 0.15) is 0 Å². The van der Waals surface area contributed by atoms with Gasteiger partial charge in [0.25, 0.3) is 5.91 Å². The van der Waals surface area contributed by atoms with Gasteiger partial charge in [-0.1, -0.05) is 25.1 Å². The zero-order valence-electron chi connectivity index (χ0n) is 22.4. The number of aliphatic imine (C=N–C) groups is 1. The van der Waals surface area contributed by atoms with E-state index in [1.807, 2.05) is 59.0 Å². The Morgan fingerprint density at radius 3 is 2.59 bits per heavy atom. The van der Waals surface area contributed by atoms with Crippen LogP contribution in [0.15, 0.2) is 64.0 Å². The van der Waals surface area contributed by atoms with Crippen LogP contribution in [0.1, 0.15) is 51.1 Å². The predicted molar refractivity (Wildman–Crippen MR) is 154 cm³/mol. The average molecular weight is 596 g/mol. The lowest BCUT2D eigenvalue weighted by Gasteiger charge is -2.35. The Balaban J connectivity index is 1.46. The van der Waals surface area contributed by atoms with Gasteiger partial charge in [0.05, 0.1) is 34.9 Å². The van der Waals surface area contributed by atoms with Crippen molar-refractivity contribution >= 4 is 27.7 Å². The van der Waals surface area contributed by atoms with Crippen molar-refractivity contribution in [2.45, 2.75) is 51.6 Å². The van der Waals surface area contributed by atoms with Crippen LogP contribution < -0.4 is 0 Å². The molecule has 2 N–H and O–H groups in total. The first-order chi connectivity index (χ1) is 18.9. The molecule has 2 aliphatic heterocycles. The van der Waals surface area contributed by atoms with E-state index >= 15 is 0 Å². The molecule has 206 valence electrons. The predicted octanol–water partition coefficient (Wildman–Crippen LogP) is 4.14. The molecule has 0 radical (unpaired) electrons. The summed E-state index contributed by atoms with van der Waals surface area (Å²) in [4.78, 5) is 18.9. The highest BCUT2D eigenvalue weighted by Crippen LogP contribution is 2.40. The second-order valence-electron chi connectivity index (χ2n) is 10.2. The van der Waals surface area contributed by atoms with E-state index in [2.05, 4.69) is 34.1 Å². The third-order valence-corrected chi connectivity index (χ3v) is 8.64. The molecule has 0 aliphatic carbocycles. The number of piperidine rings is 1. The molecule has 2 aliphatic rings. The van der Waals surface area contributed by atoms with Crippen molar-refractivity contribution in [2.75, 3.05) is 26.2 Å². The lowest BCUT2D eigenvalue weighted by Crippen LogP contribution is -2.45. The molecule has 2 unspecified atom stereocenters. The number of hydrogen-bond acceptors (Lipinski definition) is 6. The van der Waals surface area contributed by atoms with Crippen molar-refractivity contribution in [3.05, 3.63) is 64.7 Å². The standard InChI is InChI=1S/C29H35BrN6O3/c1-3-31-28-26(30)23(20-11-13-34(14-12-20)29(39)25(38)18-37)10-9-19(2)27-24(16-33-36(27)28)21-15-32-35(17-21)22-7-5-4-6-8-22/h4-8,15-17,19-20,25,37-38H,3,9-14,18H2,1-2H3. The third kappa shape index (κ3) is 5.50. The molecule has 5 rings (SSSR count). The number of benzene rings is 1. The van der Waals surface area contributed by atoms with Crippen LogP contribution in [-0.4, -0.2) is 78.8 Å². The smallest absolute Gasteiger partial charge is 0.253 e. The van der Waals surface area contributed by atoms with Crippen molar-refractivity contribution in [2.24, 2.45) is 10.9 Å². The number of likely N-dealkylation sites (tertiary alicyclic amines) is 1. The zero-order valence-corrected chi connectivity index (χ0v) is 24.0. The summed E-state index contributed by atoms with van der Waals surface area (Å²) in [5.74, 6) is 0.948. The third-order valence-electron chi connectivity index (χ3n) is 7.78. The number of fused-ring (bicyclic) bond motifs is 1. The number of nitrogens with zero attached hydrogens (tertiary/aromatic N) is 6. The van der Waals surface area contributed by atoms with Crippen LogP contribution >= 0.6 is 15.9 Å². The fourth-order valence-corrected chi connectivity index (χ4v) is 6.48. The molecule has 10 heteroatoms. The molecule has 0 saturated carbocycles. The van der Waals surface area contributed by atoms with Crippen LogP contribution in [0.25, 0.3) is 16.8 Å². The van der Waals surface area contributed by atoms with Crippen LogP contribution in [0.4, 0.5) is 0 Å². The van der Waals surface area contributed by atoms with Crippen LogP contribution in [0.5, 0.6) is 0 Å². The topological polar surface area (TPSA) is 109 Å². The first-order valence-electron chi connectivity index (χ1n) is 13.6. The molecule has 2 atom stereocenters. The molecule has 4 heterocycles. The van der Waals surface area contributed by atoms with Crippen LogP contribution in [0.3, 0.4) is 0 Å². The van der Waals surface area contributed by atoms with Crippen LogP contribution in [0.2, 0.25) is 0 Å². The molecular formula is C29H35BrN6O3. The van der Waals surface area contributed by atoms with E-state index in [4.69, 9.17) is 15.2 Å². The summed E-state index contributed by atoms with van der Waals surface area (Å²) in [5.41, 5.74) is 5.53. The average Bonchev–Trinajstić information content (AvgIpc) is 3.63. The van der Waals surface area contributed by atoms with Gasteiger partial charge in [0.15, 0.2) is 11.9 Å². The van der Waals surface area contributed by atoms with E-state index in [0.29, 0.717) is 25.6 Å². The van der Waals surface area contributed by atoms with Gasteiger partial charge < -0.3 is 15.1 Å². The minimum Gasteiger partial charge on any atom is -0.393 e. The number of hydrogen-bond donors (Lipinski definition) is 2. The minimum atomic E-state index is -1.34. The summed E-state index contributed by atoms with van der Waals surface area (Å²) < 4.78 is 4.86. The highest BCUT2D eigenvalue weighted by molar-refractivity contribution is 9.12. The normalized spacial score (nSPS) is 20.6. The number of aliphatic hydroxyl groups is 2. The number of carbonyl (C=O) groups excluding carboxylic acids is 1. The van der Waals surface area contributed by atoms with Crippen molar-refractivity contribution in [3.8, 4) is 16.8 Å². The maximum atomic E-state index is 12.4. The number of aliphatic hydroxyl groups excluding tert-OH is 2. The summed E-state index contributed by atoms with van der Waals surface area (Å²) >= 11 is 3.93. The second-order valence-corrected chi connectivity index (χ2v) is 11.0. The van der Waals surface area contributed by atoms with Gasteiger partial charge in [-0.25, -0.2) is 9.36 Å². The Bertz CT molecular complexity index is 1370. The van der Waals surface area contributed by atoms with E-state index in [-0.39, 0.29) is 5.92 Å². The number of halogens is 1. The number of amides is 1. The molecule has 0 bridgehead atoms. The first-order valence-corrected chi connectivity index (χ1v) is 14.4. The molecular weight excluding hydrogens is 560 g/mol. The summed E-state index contributed by atoms with van der Waals surface area (Å²) in [6, 6.07) is 10.1. The van der Waals surface area contributed by atoms with Crippen molar-refractivity contribution in [1.82, 2.24) is 24.5 Å². The molecule has 1 saturated heterocycles. The maximum absolute atomic E-state index is 12.4. The molecule has 1 fully saturated rings. The Labute approximate surface area is 237 Å². The number of allylic oxidation sites excluding steroid dienone is 2. The highest BCUT2D eigenvalue weighted by Gasteiger charge is 2.33. The van der Waals surface area contributed by atoms with E-state index in [0.717, 1.165) is 58.5 Å². The van der Waals surface area contributed by atoms with E-state index in [9.17, 15) is 9.90 Å². The van der Waals surface area contributed by atoms with E-state index in [1.165, 1.54) is 5.57 Å². The van der Waals surface area contributed by atoms with Gasteiger partial charge in [-0.3, -0.25) is 9.79 Å². The number of para-hydroxylation sites is 1. The zero-order chi connectivity index (χ0) is 27.5. The molecule has 1 amide bonds. The lowest BCUT2D eigenvalue weighted by atomic mass is 9.83. The van der Waals surface area contributed by atoms with Gasteiger partial charge >= 0.3 is 0 Å². The molecule has 39 heavy (non-hydrogen) atoms. The maximum Gasteiger partial charge on any atom is 0.253 e. The van der Waals surface area contributed by atoms with Gasteiger partial charge in [0.2, 0.25) is 0 Å². The van der Waals surface area contributed by atoms with Crippen molar-refractivity contribution < 1.29 is 15.0 Å². The largest absolute Gasteiger partial charge is 0.393 e. The SMILES string of the molecule is CCN=C1C(Br)=C(C2CCN(C(=O)C(O)CO)CC2)CCC(C)c2c(-c3cnn(-c4ccccc4)c3)cnn21. The Morgan fingerprint density at radius 1 is 1.15 bits per heavy atom. The van der Waals surface area contributed by atoms with Gasteiger partial charge in [-0.05, 0) is 78.1 Å². The van der Waals surface area contributed by atoms with Crippen molar-refractivity contribution in [3.63, 3.8) is 0 Å². The van der Waals surface area contributed by atoms with Gasteiger partial charge in [0, 0.05) is 37.0 Å². The first kappa shape index (κ1) is 27.5. The second kappa shape index (κ2) is 12.0. The molecule has 0 spiro atoms. The Morgan fingerprint density at radius 2 is 1.90 bits per heavy atom. The summed E-state index contributed by atoms with van der Waals surface area (Å²) in [6.07, 6.45) is 8.00. The van der Waals surface area contributed by atoms with Crippen molar-refractivity contribution in [1.29, 1.82) is 0 Å². The van der Waals surface area contributed by atoms with E-state index < -0.39 is 18.6 Å². The summed E-state index contributed by atoms with van der Waals surface area (Å²) in [5, 5.41) is 28.4. The summed E-state index contributed by atoms with van der Waals surface area (Å²) in [6.45, 7) is 5.46. The number of aromatic nitrogens is 4. The van der Waals surface area contributed by atoms with E-state index in [1.54, 1.807) is 4.90 Å². The molecule has 1 aromatic carbocycles.